The number of rotatable bonds is 4. The number of carbonyl (C=O) groups excluding carboxylic acids is 1. The molecule has 1 aromatic carbocycles. The van der Waals surface area contributed by atoms with Crippen LogP contribution < -0.4 is 4.74 Å². The average molecular weight is 351 g/mol. The van der Waals surface area contributed by atoms with Crippen molar-refractivity contribution in [1.29, 1.82) is 0 Å². The number of hydrogen-bond donors (Lipinski definition) is 0. The summed E-state index contributed by atoms with van der Waals surface area (Å²) in [6.07, 6.45) is 5.91. The minimum absolute atomic E-state index is 0.0406. The molecular weight excluding hydrogens is 326 g/mol. The molecule has 1 aliphatic carbocycles. The average Bonchev–Trinajstić information content (AvgIpc) is 3.47. The fourth-order valence-corrected chi connectivity index (χ4v) is 3.46. The highest BCUT2D eigenvalue weighted by molar-refractivity contribution is 5.95. The van der Waals surface area contributed by atoms with Crippen molar-refractivity contribution in [2.45, 2.75) is 51.6 Å². The number of amides is 1. The van der Waals surface area contributed by atoms with Crippen molar-refractivity contribution in [3.63, 3.8) is 0 Å². The largest absolute Gasteiger partial charge is 0.490 e. The third-order valence-electron chi connectivity index (χ3n) is 5.19. The van der Waals surface area contributed by atoms with Crippen molar-refractivity contribution in [3.05, 3.63) is 53.1 Å². The Bertz CT molecular complexity index is 809. The Labute approximate surface area is 154 Å². The van der Waals surface area contributed by atoms with Crippen LogP contribution in [0.25, 0.3) is 0 Å². The van der Waals surface area contributed by atoms with E-state index >= 15 is 0 Å². The van der Waals surface area contributed by atoms with Crippen molar-refractivity contribution in [2.75, 3.05) is 13.1 Å². The summed E-state index contributed by atoms with van der Waals surface area (Å²) in [6, 6.07) is 8.12. The highest BCUT2D eigenvalue weighted by Gasteiger charge is 2.29. The van der Waals surface area contributed by atoms with Crippen LogP contribution in [0.5, 0.6) is 5.75 Å². The van der Waals surface area contributed by atoms with E-state index in [1.165, 1.54) is 18.4 Å². The van der Waals surface area contributed by atoms with E-state index in [1.807, 2.05) is 24.0 Å². The van der Waals surface area contributed by atoms with Gasteiger partial charge in [0.1, 0.15) is 17.7 Å². The van der Waals surface area contributed by atoms with Crippen LogP contribution in [0.15, 0.2) is 30.5 Å². The Morgan fingerprint density at radius 2 is 1.92 bits per heavy atom. The van der Waals surface area contributed by atoms with Crippen molar-refractivity contribution >= 4 is 5.91 Å². The summed E-state index contributed by atoms with van der Waals surface area (Å²) in [5.41, 5.74) is 2.62. The van der Waals surface area contributed by atoms with Crippen LogP contribution in [0, 0.1) is 13.8 Å². The number of carbonyl (C=O) groups is 1. The van der Waals surface area contributed by atoms with Gasteiger partial charge < -0.3 is 9.64 Å². The smallest absolute Gasteiger partial charge is 0.257 e. The topological polar surface area (TPSA) is 55.3 Å². The molecule has 136 valence electrons. The first kappa shape index (κ1) is 17.0. The van der Waals surface area contributed by atoms with E-state index in [0.29, 0.717) is 24.6 Å². The van der Waals surface area contributed by atoms with E-state index < -0.39 is 0 Å². The molecule has 2 fully saturated rings. The zero-order valence-electron chi connectivity index (χ0n) is 15.4. The van der Waals surface area contributed by atoms with Gasteiger partial charge in [-0.2, -0.15) is 0 Å². The molecule has 4 rings (SSSR count). The Balaban J connectivity index is 1.36. The first-order chi connectivity index (χ1) is 12.6. The molecule has 0 radical (unpaired) electrons. The summed E-state index contributed by atoms with van der Waals surface area (Å²) < 4.78 is 6.08. The number of likely N-dealkylation sites (tertiary alicyclic amines) is 1. The summed E-state index contributed by atoms with van der Waals surface area (Å²) in [4.78, 5) is 23.7. The second kappa shape index (κ2) is 7.06. The summed E-state index contributed by atoms with van der Waals surface area (Å²) in [7, 11) is 0. The van der Waals surface area contributed by atoms with E-state index in [4.69, 9.17) is 4.74 Å². The monoisotopic (exact) mass is 351 g/mol. The lowest BCUT2D eigenvalue weighted by Crippen LogP contribution is -2.42. The van der Waals surface area contributed by atoms with Crippen LogP contribution in [-0.4, -0.2) is 40.0 Å². The van der Waals surface area contributed by atoms with Gasteiger partial charge >= 0.3 is 0 Å². The van der Waals surface area contributed by atoms with Gasteiger partial charge in [-0.3, -0.25) is 4.79 Å². The molecule has 1 saturated carbocycles. The van der Waals surface area contributed by atoms with Crippen LogP contribution >= 0.6 is 0 Å². The lowest BCUT2D eigenvalue weighted by molar-refractivity contribution is 0.0594. The predicted octanol–water partition coefficient (Wildman–Crippen LogP) is 3.65. The fraction of sp³-hybridized carbons (Fsp3) is 0.476. The van der Waals surface area contributed by atoms with Crippen LogP contribution in [0.4, 0.5) is 0 Å². The van der Waals surface area contributed by atoms with Crippen molar-refractivity contribution in [3.8, 4) is 5.75 Å². The molecule has 0 bridgehead atoms. The molecular formula is C21H25N3O2. The maximum absolute atomic E-state index is 12.8. The van der Waals surface area contributed by atoms with Gasteiger partial charge in [0.15, 0.2) is 0 Å². The molecule has 0 unspecified atom stereocenters. The van der Waals surface area contributed by atoms with Gasteiger partial charge in [-0.15, -0.1) is 0 Å². The van der Waals surface area contributed by atoms with Crippen molar-refractivity contribution in [2.24, 2.45) is 0 Å². The first-order valence-corrected chi connectivity index (χ1v) is 9.46. The third kappa shape index (κ3) is 3.71. The number of aromatic nitrogens is 2. The van der Waals surface area contributed by atoms with Gasteiger partial charge in [0.05, 0.1) is 11.3 Å². The molecule has 2 aromatic rings. The second-order valence-electron chi connectivity index (χ2n) is 7.43. The Morgan fingerprint density at radius 1 is 1.15 bits per heavy atom. The van der Waals surface area contributed by atoms with Crippen LogP contribution in [0.3, 0.4) is 0 Å². The third-order valence-corrected chi connectivity index (χ3v) is 5.19. The minimum atomic E-state index is 0.0406. The van der Waals surface area contributed by atoms with Crippen LogP contribution in [0.1, 0.15) is 59.0 Å². The number of nitrogens with zero attached hydrogens (tertiary/aromatic N) is 3. The molecule has 1 aliphatic heterocycles. The molecule has 1 aromatic heterocycles. The molecule has 2 heterocycles. The molecule has 5 nitrogen and oxygen atoms in total. The standard InChI is InChI=1S/C21H25N3O2/c1-14-4-3-5-18(12-14)26-17-8-10-24(11-9-17)21(25)19-13-22-20(16-6-7-16)23-15(19)2/h3-5,12-13,16-17H,6-11H2,1-2H3. The number of ether oxygens (including phenoxy) is 1. The number of hydrogen-bond acceptors (Lipinski definition) is 4. The van der Waals surface area contributed by atoms with E-state index in [-0.39, 0.29) is 12.0 Å². The van der Waals surface area contributed by atoms with Crippen molar-refractivity contribution in [1.82, 2.24) is 14.9 Å². The molecule has 0 atom stereocenters. The van der Waals surface area contributed by atoms with Gasteiger partial charge in [0.2, 0.25) is 0 Å². The lowest BCUT2D eigenvalue weighted by Gasteiger charge is -2.32. The summed E-state index contributed by atoms with van der Waals surface area (Å²) in [5, 5.41) is 0. The van der Waals surface area contributed by atoms with Gasteiger partial charge in [-0.25, -0.2) is 9.97 Å². The highest BCUT2D eigenvalue weighted by Crippen LogP contribution is 2.38. The SMILES string of the molecule is Cc1cccc(OC2CCN(C(=O)c3cnc(C4CC4)nc3C)CC2)c1. The van der Waals surface area contributed by atoms with Crippen molar-refractivity contribution < 1.29 is 9.53 Å². The zero-order valence-corrected chi connectivity index (χ0v) is 15.4. The number of benzene rings is 1. The Morgan fingerprint density at radius 3 is 2.58 bits per heavy atom. The first-order valence-electron chi connectivity index (χ1n) is 9.46. The molecule has 5 heteroatoms. The molecule has 0 N–H and O–H groups in total. The normalized spacial score (nSPS) is 18.0. The summed E-state index contributed by atoms with van der Waals surface area (Å²) in [5.74, 6) is 2.35. The number of aryl methyl sites for hydroxylation is 2. The fourth-order valence-electron chi connectivity index (χ4n) is 3.46. The number of piperidine rings is 1. The lowest BCUT2D eigenvalue weighted by atomic mass is 10.1. The molecule has 1 saturated heterocycles. The van der Waals surface area contributed by atoms with Crippen LogP contribution in [0.2, 0.25) is 0 Å². The van der Waals surface area contributed by atoms with E-state index in [1.54, 1.807) is 6.20 Å². The van der Waals surface area contributed by atoms with Gasteiger partial charge in [-0.05, 0) is 44.4 Å². The molecule has 0 spiro atoms. The van der Waals surface area contributed by atoms with Gasteiger partial charge in [-0.1, -0.05) is 12.1 Å². The van der Waals surface area contributed by atoms with E-state index in [9.17, 15) is 4.79 Å². The maximum Gasteiger partial charge on any atom is 0.257 e. The predicted molar refractivity (Wildman–Crippen MR) is 99.5 cm³/mol. The Hall–Kier alpha value is -2.43. The molecule has 2 aliphatic rings. The second-order valence-corrected chi connectivity index (χ2v) is 7.43. The zero-order chi connectivity index (χ0) is 18.1. The highest BCUT2D eigenvalue weighted by atomic mass is 16.5. The minimum Gasteiger partial charge on any atom is -0.490 e. The van der Waals surface area contributed by atoms with Gasteiger partial charge in [0, 0.05) is 38.0 Å². The van der Waals surface area contributed by atoms with E-state index in [2.05, 4.69) is 29.0 Å². The molecule has 26 heavy (non-hydrogen) atoms. The maximum atomic E-state index is 12.8. The summed E-state index contributed by atoms with van der Waals surface area (Å²) in [6.45, 7) is 5.39. The quantitative estimate of drug-likeness (QED) is 0.844. The Kier molecular flexibility index (Phi) is 4.62. The van der Waals surface area contributed by atoms with Crippen LogP contribution in [-0.2, 0) is 0 Å². The molecule has 1 amide bonds. The summed E-state index contributed by atoms with van der Waals surface area (Å²) >= 11 is 0. The van der Waals surface area contributed by atoms with E-state index in [0.717, 1.165) is 30.1 Å². The van der Waals surface area contributed by atoms with Gasteiger partial charge in [0.25, 0.3) is 5.91 Å².